The number of hydrogen-bond donors (Lipinski definition) is 1. The van der Waals surface area contributed by atoms with E-state index in [9.17, 15) is 9.18 Å². The second-order valence-electron chi connectivity index (χ2n) is 7.49. The van der Waals surface area contributed by atoms with Crippen LogP contribution in [0.4, 0.5) is 10.1 Å². The topological polar surface area (TPSA) is 51.2 Å². The highest BCUT2D eigenvalue weighted by Crippen LogP contribution is 2.20. The number of benzene rings is 2. The number of nitrogens with zero attached hydrogens (tertiary/aromatic N) is 4. The summed E-state index contributed by atoms with van der Waals surface area (Å²) in [6.45, 7) is 6.40. The van der Waals surface area contributed by atoms with Crippen LogP contribution in [0.3, 0.4) is 0 Å². The number of rotatable bonds is 5. The summed E-state index contributed by atoms with van der Waals surface area (Å²) in [5.41, 5.74) is 2.38. The highest BCUT2D eigenvalue weighted by atomic mass is 127. The number of guanidine groups is 1. The van der Waals surface area contributed by atoms with E-state index in [1.807, 2.05) is 43.3 Å². The van der Waals surface area contributed by atoms with Crippen LogP contribution in [-0.4, -0.2) is 68.5 Å². The van der Waals surface area contributed by atoms with Crippen molar-refractivity contribution in [3.63, 3.8) is 0 Å². The summed E-state index contributed by atoms with van der Waals surface area (Å²) in [5.74, 6) is 0.674. The number of aliphatic imine (C=N–C) groups is 1. The first-order valence-corrected chi connectivity index (χ1v) is 10.3. The van der Waals surface area contributed by atoms with Gasteiger partial charge < -0.3 is 20.0 Å². The zero-order valence-electron chi connectivity index (χ0n) is 18.3. The van der Waals surface area contributed by atoms with Gasteiger partial charge in [-0.1, -0.05) is 24.3 Å². The summed E-state index contributed by atoms with van der Waals surface area (Å²) in [6, 6.07) is 14.5. The summed E-state index contributed by atoms with van der Waals surface area (Å²) >= 11 is 0. The number of anilines is 1. The van der Waals surface area contributed by atoms with Crippen LogP contribution < -0.4 is 10.2 Å². The summed E-state index contributed by atoms with van der Waals surface area (Å²) in [4.78, 5) is 22.7. The van der Waals surface area contributed by atoms with Crippen molar-refractivity contribution >= 4 is 41.5 Å². The van der Waals surface area contributed by atoms with E-state index in [2.05, 4.69) is 15.1 Å². The van der Waals surface area contributed by atoms with Crippen LogP contribution >= 0.6 is 24.0 Å². The third kappa shape index (κ3) is 6.56. The molecule has 0 atom stereocenters. The molecule has 0 radical (unpaired) electrons. The maximum Gasteiger partial charge on any atom is 0.253 e. The lowest BCUT2D eigenvalue weighted by Crippen LogP contribution is -2.52. The average molecular weight is 539 g/mol. The Morgan fingerprint density at radius 1 is 1.06 bits per heavy atom. The molecule has 0 unspecified atom stereocenters. The van der Waals surface area contributed by atoms with Gasteiger partial charge in [-0.25, -0.2) is 9.38 Å². The van der Waals surface area contributed by atoms with Gasteiger partial charge in [0.05, 0.1) is 12.2 Å². The lowest BCUT2D eigenvalue weighted by Gasteiger charge is -2.37. The summed E-state index contributed by atoms with van der Waals surface area (Å²) in [6.07, 6.45) is 0. The lowest BCUT2D eigenvalue weighted by molar-refractivity contribution is 0.0827. The predicted octanol–water partition coefficient (Wildman–Crippen LogP) is 3.43. The molecule has 1 amide bonds. The van der Waals surface area contributed by atoms with Crippen molar-refractivity contribution in [2.45, 2.75) is 13.5 Å². The predicted molar refractivity (Wildman–Crippen MR) is 135 cm³/mol. The zero-order valence-corrected chi connectivity index (χ0v) is 20.7. The zero-order chi connectivity index (χ0) is 21.5. The molecule has 31 heavy (non-hydrogen) atoms. The van der Waals surface area contributed by atoms with Crippen molar-refractivity contribution in [3.8, 4) is 0 Å². The van der Waals surface area contributed by atoms with Gasteiger partial charge in [-0.3, -0.25) is 4.79 Å². The molecule has 1 aliphatic rings. The Bertz CT molecular complexity index is 880. The molecule has 0 spiro atoms. The SMILES string of the molecule is CCNC(=NCc1ccc(C(=O)N(C)C)cc1)N1CCN(c2ccccc2F)CC1.I. The fraction of sp³-hybridized carbons (Fsp3) is 0.391. The smallest absolute Gasteiger partial charge is 0.253 e. The minimum absolute atomic E-state index is 0. The number of hydrogen-bond acceptors (Lipinski definition) is 3. The quantitative estimate of drug-likeness (QED) is 0.360. The van der Waals surface area contributed by atoms with Crippen LogP contribution in [0, 0.1) is 5.82 Å². The van der Waals surface area contributed by atoms with Gasteiger partial charge in [-0.15, -0.1) is 24.0 Å². The highest BCUT2D eigenvalue weighted by Gasteiger charge is 2.21. The van der Waals surface area contributed by atoms with Gasteiger partial charge in [0, 0.05) is 52.4 Å². The molecule has 2 aromatic rings. The van der Waals surface area contributed by atoms with E-state index in [1.165, 1.54) is 6.07 Å². The van der Waals surface area contributed by atoms with Gasteiger partial charge in [0.25, 0.3) is 5.91 Å². The van der Waals surface area contributed by atoms with Crippen LogP contribution in [0.15, 0.2) is 53.5 Å². The Morgan fingerprint density at radius 2 is 1.71 bits per heavy atom. The molecule has 1 saturated heterocycles. The molecule has 6 nitrogen and oxygen atoms in total. The molecule has 0 aromatic heterocycles. The van der Waals surface area contributed by atoms with E-state index in [-0.39, 0.29) is 35.7 Å². The molecule has 0 aliphatic carbocycles. The van der Waals surface area contributed by atoms with E-state index in [1.54, 1.807) is 25.1 Å². The third-order valence-corrected chi connectivity index (χ3v) is 5.13. The molecule has 1 N–H and O–H groups in total. The molecule has 8 heteroatoms. The number of para-hydroxylation sites is 1. The normalized spacial score (nSPS) is 14.1. The standard InChI is InChI=1S/C23H30FN5O.HI/c1-4-25-23(26-17-18-9-11-19(12-10-18)22(30)27(2)3)29-15-13-28(14-16-29)21-8-6-5-7-20(21)24;/h5-12H,4,13-17H2,1-3H3,(H,25,26);1H. The Kier molecular flexibility index (Phi) is 9.54. The van der Waals surface area contributed by atoms with Crippen LogP contribution in [-0.2, 0) is 6.54 Å². The van der Waals surface area contributed by atoms with Crippen molar-refractivity contribution in [1.82, 2.24) is 15.1 Å². The maximum absolute atomic E-state index is 14.1. The monoisotopic (exact) mass is 539 g/mol. The molecule has 168 valence electrons. The van der Waals surface area contributed by atoms with Crippen molar-refractivity contribution < 1.29 is 9.18 Å². The largest absolute Gasteiger partial charge is 0.366 e. The summed E-state index contributed by atoms with van der Waals surface area (Å²) in [7, 11) is 3.49. The molecule has 1 aliphatic heterocycles. The van der Waals surface area contributed by atoms with Crippen molar-refractivity contribution in [2.24, 2.45) is 4.99 Å². The van der Waals surface area contributed by atoms with E-state index in [0.717, 1.165) is 44.2 Å². The van der Waals surface area contributed by atoms with Gasteiger partial charge in [-0.2, -0.15) is 0 Å². The molecule has 0 bridgehead atoms. The first-order chi connectivity index (χ1) is 14.5. The molecular formula is C23H31FIN5O. The molecular weight excluding hydrogens is 508 g/mol. The molecule has 0 saturated carbocycles. The Morgan fingerprint density at radius 3 is 2.29 bits per heavy atom. The van der Waals surface area contributed by atoms with Gasteiger partial charge in [0.15, 0.2) is 5.96 Å². The highest BCUT2D eigenvalue weighted by molar-refractivity contribution is 14.0. The van der Waals surface area contributed by atoms with E-state index >= 15 is 0 Å². The Balaban J connectivity index is 0.00000341. The van der Waals surface area contributed by atoms with Crippen molar-refractivity contribution in [2.75, 3.05) is 51.7 Å². The number of piperazine rings is 1. The molecule has 1 heterocycles. The number of carbonyl (C=O) groups is 1. The van der Waals surface area contributed by atoms with Crippen LogP contribution in [0.1, 0.15) is 22.8 Å². The van der Waals surface area contributed by atoms with Crippen molar-refractivity contribution in [3.05, 3.63) is 65.5 Å². The Hall–Kier alpha value is -2.36. The summed E-state index contributed by atoms with van der Waals surface area (Å²) in [5, 5.41) is 3.36. The second kappa shape index (κ2) is 11.9. The minimum Gasteiger partial charge on any atom is -0.366 e. The maximum atomic E-state index is 14.1. The minimum atomic E-state index is -0.178. The van der Waals surface area contributed by atoms with E-state index in [0.29, 0.717) is 17.8 Å². The molecule has 2 aromatic carbocycles. The number of nitrogens with one attached hydrogen (secondary N) is 1. The number of amides is 1. The van der Waals surface area contributed by atoms with Crippen LogP contribution in [0.2, 0.25) is 0 Å². The van der Waals surface area contributed by atoms with Crippen LogP contribution in [0.5, 0.6) is 0 Å². The number of carbonyl (C=O) groups excluding carboxylic acids is 1. The number of halogens is 2. The fourth-order valence-corrected chi connectivity index (χ4v) is 3.47. The molecule has 3 rings (SSSR count). The van der Waals surface area contributed by atoms with Gasteiger partial charge in [0.1, 0.15) is 5.82 Å². The third-order valence-electron chi connectivity index (χ3n) is 5.13. The van der Waals surface area contributed by atoms with E-state index in [4.69, 9.17) is 4.99 Å². The van der Waals surface area contributed by atoms with Crippen LogP contribution in [0.25, 0.3) is 0 Å². The Labute approximate surface area is 201 Å². The van der Waals surface area contributed by atoms with Gasteiger partial charge in [0.2, 0.25) is 0 Å². The van der Waals surface area contributed by atoms with E-state index < -0.39 is 0 Å². The molecule has 1 fully saturated rings. The first kappa shape index (κ1) is 24.9. The average Bonchev–Trinajstić information content (AvgIpc) is 2.77. The van der Waals surface area contributed by atoms with Crippen molar-refractivity contribution in [1.29, 1.82) is 0 Å². The summed E-state index contributed by atoms with van der Waals surface area (Å²) < 4.78 is 14.1. The van der Waals surface area contributed by atoms with Gasteiger partial charge in [-0.05, 0) is 36.8 Å². The lowest BCUT2D eigenvalue weighted by atomic mass is 10.1. The van der Waals surface area contributed by atoms with Gasteiger partial charge >= 0.3 is 0 Å². The second-order valence-corrected chi connectivity index (χ2v) is 7.49. The fourth-order valence-electron chi connectivity index (χ4n) is 3.47. The first-order valence-electron chi connectivity index (χ1n) is 10.3.